The zero-order valence-electron chi connectivity index (χ0n) is 60.0. The monoisotopic (exact) mass is 1520 g/mol. The minimum absolute atomic E-state index is 0.0119. The fraction of sp³-hybridized carbons (Fsp3) is 0.554. The number of benzene rings is 2. The molecule has 0 aromatic heterocycles. The number of azide groups is 1. The van der Waals surface area contributed by atoms with Crippen LogP contribution in [0.3, 0.4) is 0 Å². The molecule has 1 unspecified atom stereocenters. The van der Waals surface area contributed by atoms with Crippen molar-refractivity contribution in [3.63, 3.8) is 0 Å². The maximum Gasteiger partial charge on any atom is 0.326 e. The van der Waals surface area contributed by atoms with Gasteiger partial charge in [-0.15, -0.1) is 12.3 Å². The molecule has 12 amide bonds. The van der Waals surface area contributed by atoms with Crippen LogP contribution in [0.5, 0.6) is 11.5 Å². The van der Waals surface area contributed by atoms with Crippen molar-refractivity contribution >= 4 is 88.8 Å². The van der Waals surface area contributed by atoms with Crippen LogP contribution in [0.25, 0.3) is 10.4 Å². The van der Waals surface area contributed by atoms with E-state index in [0.717, 1.165) is 6.92 Å². The predicted molar refractivity (Wildman–Crippen MR) is 390 cm³/mol. The number of nitrogens with two attached hydrogens (primary N) is 8. The van der Waals surface area contributed by atoms with Crippen molar-refractivity contribution in [1.82, 2.24) is 69.1 Å². The van der Waals surface area contributed by atoms with Gasteiger partial charge < -0.3 is 135 Å². The highest BCUT2D eigenvalue weighted by Gasteiger charge is 2.38. The number of nitrogens with one attached hydrogen (secondary N) is 15. The lowest BCUT2D eigenvalue weighted by Gasteiger charge is -2.29. The lowest BCUT2D eigenvalue weighted by molar-refractivity contribution is -0.142. The van der Waals surface area contributed by atoms with Crippen LogP contribution in [0.1, 0.15) is 108 Å². The highest BCUT2D eigenvalue weighted by molar-refractivity contribution is 6.00. The van der Waals surface area contributed by atoms with Crippen molar-refractivity contribution in [2.45, 2.75) is 195 Å². The molecule has 0 heterocycles. The molecule has 596 valence electrons. The lowest BCUT2D eigenvalue weighted by Crippen LogP contribution is -2.62. The summed E-state index contributed by atoms with van der Waals surface area (Å²) in [5.74, 6) is -13.0. The molecule has 43 heteroatoms. The first-order valence-electron chi connectivity index (χ1n) is 34.5. The Kier molecular flexibility index (Phi) is 42.1. The van der Waals surface area contributed by atoms with Gasteiger partial charge in [-0.3, -0.25) is 68.4 Å². The van der Waals surface area contributed by atoms with Gasteiger partial charge in [-0.05, 0) is 145 Å². The highest BCUT2D eigenvalue weighted by Crippen LogP contribution is 2.15. The van der Waals surface area contributed by atoms with Gasteiger partial charge in [0.15, 0.2) is 11.9 Å². The number of unbranched alkanes of at least 4 members (excludes halogenated alkanes) is 1. The molecule has 0 saturated carbocycles. The zero-order chi connectivity index (χ0) is 81.2. The molecular formula is C65H104N26O17. The van der Waals surface area contributed by atoms with Crippen LogP contribution >= 0.6 is 0 Å². The van der Waals surface area contributed by atoms with Crippen LogP contribution in [0.15, 0.2) is 53.6 Å². The Morgan fingerprint density at radius 1 is 0.500 bits per heavy atom. The number of nitrogens with zero attached hydrogens (tertiary/aromatic N) is 3. The second-order valence-electron chi connectivity index (χ2n) is 24.9. The molecule has 0 fully saturated rings. The number of primary amides is 1. The Bertz CT molecular complexity index is 3470. The summed E-state index contributed by atoms with van der Waals surface area (Å²) in [5, 5.41) is 90.5. The van der Waals surface area contributed by atoms with Crippen molar-refractivity contribution < 1.29 is 82.8 Å². The fourth-order valence-corrected chi connectivity index (χ4v) is 10.3. The van der Waals surface area contributed by atoms with E-state index in [4.69, 9.17) is 63.1 Å². The molecular weight excluding hydrogens is 1420 g/mol. The van der Waals surface area contributed by atoms with Gasteiger partial charge in [0.05, 0.1) is 24.7 Å². The Balaban J connectivity index is 2.43. The Labute approximate surface area is 621 Å². The van der Waals surface area contributed by atoms with Gasteiger partial charge >= 0.3 is 5.97 Å². The summed E-state index contributed by atoms with van der Waals surface area (Å²) in [6.45, 7) is 2.06. The second kappa shape index (κ2) is 49.2. The van der Waals surface area contributed by atoms with Crippen molar-refractivity contribution in [3.8, 4) is 23.8 Å². The number of aliphatic hydroxyl groups excluding tert-OH is 1. The third-order valence-corrected chi connectivity index (χ3v) is 16.1. The van der Waals surface area contributed by atoms with Crippen LogP contribution in [0.2, 0.25) is 0 Å². The van der Waals surface area contributed by atoms with Gasteiger partial charge in [0.1, 0.15) is 78.0 Å². The van der Waals surface area contributed by atoms with E-state index in [0.29, 0.717) is 17.5 Å². The molecule has 2 aromatic rings. The normalized spacial score (nSPS) is 14.7. The van der Waals surface area contributed by atoms with Crippen LogP contribution in [-0.4, -0.2) is 227 Å². The van der Waals surface area contributed by atoms with Gasteiger partial charge in [0, 0.05) is 30.8 Å². The first kappa shape index (κ1) is 92.4. The van der Waals surface area contributed by atoms with E-state index >= 15 is 0 Å². The summed E-state index contributed by atoms with van der Waals surface area (Å²) >= 11 is 0. The van der Waals surface area contributed by atoms with E-state index in [1.807, 2.05) is 0 Å². The number of carbonyl (C=O) groups is 13. The predicted octanol–water partition coefficient (Wildman–Crippen LogP) is -8.34. The number of amides is 12. The maximum atomic E-state index is 14.3. The van der Waals surface area contributed by atoms with Crippen molar-refractivity contribution in [3.05, 3.63) is 70.1 Å². The van der Waals surface area contributed by atoms with Crippen molar-refractivity contribution in [1.29, 1.82) is 10.8 Å². The number of carboxylic acid groups (broad SMARTS) is 1. The summed E-state index contributed by atoms with van der Waals surface area (Å²) in [6.07, 6.45) is -0.893. The smallest absolute Gasteiger partial charge is 0.326 e. The number of hydrogen-bond acceptors (Lipinski definition) is 24. The summed E-state index contributed by atoms with van der Waals surface area (Å²) in [6, 6.07) is -8.00. The summed E-state index contributed by atoms with van der Waals surface area (Å²) < 4.78 is 0. The average molecular weight is 1520 g/mol. The maximum absolute atomic E-state index is 14.3. The molecule has 0 aliphatic heterocycles. The zero-order valence-corrected chi connectivity index (χ0v) is 60.0. The van der Waals surface area contributed by atoms with Crippen LogP contribution < -0.4 is 115 Å². The largest absolute Gasteiger partial charge is 0.508 e. The summed E-state index contributed by atoms with van der Waals surface area (Å²) in [5.41, 5.74) is 56.1. The molecule has 0 radical (unpaired) electrons. The summed E-state index contributed by atoms with van der Waals surface area (Å²) in [7, 11) is 0. The van der Waals surface area contributed by atoms with Gasteiger partial charge in [0.2, 0.25) is 70.9 Å². The molecule has 35 N–H and O–H groups in total. The summed E-state index contributed by atoms with van der Waals surface area (Å²) in [4.78, 5) is 182. The molecule has 0 spiro atoms. The number of guanidine groups is 2. The van der Waals surface area contributed by atoms with Crippen molar-refractivity contribution in [2.24, 2.45) is 51.0 Å². The van der Waals surface area contributed by atoms with Crippen LogP contribution in [0.4, 0.5) is 0 Å². The Hall–Kier alpha value is -11.7. The quantitative estimate of drug-likeness (QED) is 0.00556. The number of carboxylic acids is 1. The SMILES string of the molecule is C#CC[C@H](NC(=O)[C@@H](N)Cc1ccc(O)cc1)C(=O)N[C@@H](CC(N)=O)C(=O)N[C@@H](CCCNC(=N)N)C(=O)N[C@@H](CCN)C(=O)N[C@H](C(=O)N[C@H](CCN)C(=O)N[C@@H](CCCCN)C(=O)N[C@@H](CC)C(=O)N[C@@H](CC(N)N=[N+]=[N-])C(=O)N[C@@H](CCCNC(=N)N)C(=O)N[C@@H](Cc1ccc(O)cc1)C(=O)O)[C@@H](C)O. The number of aliphatic carboxylic acids is 1. The Morgan fingerprint density at radius 3 is 1.29 bits per heavy atom. The topological polar surface area (TPSA) is 764 Å². The van der Waals surface area contributed by atoms with Gasteiger partial charge in [-0.2, -0.15) is 0 Å². The number of terminal acetylenes is 1. The van der Waals surface area contributed by atoms with Gasteiger partial charge in [-0.25, -0.2) is 4.79 Å². The van der Waals surface area contributed by atoms with Gasteiger partial charge in [0.25, 0.3) is 0 Å². The third-order valence-electron chi connectivity index (χ3n) is 16.1. The molecule has 2 aromatic carbocycles. The minimum atomic E-state index is -1.92. The average Bonchev–Trinajstić information content (AvgIpc) is 0.858. The first-order chi connectivity index (χ1) is 51.1. The Morgan fingerprint density at radius 2 is 0.870 bits per heavy atom. The van der Waals surface area contributed by atoms with E-state index in [1.165, 1.54) is 55.5 Å². The number of rotatable bonds is 51. The molecule has 2 rings (SSSR count). The molecule has 0 bridgehead atoms. The van der Waals surface area contributed by atoms with E-state index < -0.39 is 193 Å². The van der Waals surface area contributed by atoms with E-state index in [9.17, 15) is 88.3 Å². The van der Waals surface area contributed by atoms with Crippen LogP contribution in [0, 0.1) is 23.2 Å². The number of carbonyl (C=O) groups excluding carboxylic acids is 12. The van der Waals surface area contributed by atoms with Crippen molar-refractivity contribution in [2.75, 3.05) is 32.7 Å². The molecule has 108 heavy (non-hydrogen) atoms. The fourth-order valence-electron chi connectivity index (χ4n) is 10.3. The highest BCUT2D eigenvalue weighted by atomic mass is 16.4. The molecule has 0 aliphatic carbocycles. The van der Waals surface area contributed by atoms with E-state index in [-0.39, 0.29) is 115 Å². The molecule has 14 atom stereocenters. The number of hydrogen-bond donors (Lipinski definition) is 27. The molecule has 0 aliphatic rings. The number of aliphatic hydroxyl groups is 1. The second-order valence-corrected chi connectivity index (χ2v) is 24.9. The standard InChI is InChI=1S/C65H104N26O17/c1-4-10-40(80-52(96)38(69)29-34-14-18-36(93)19-15-34)54(98)87-47(32-50(71)95)61(105)83-42(12-8-27-77-64(72)73)56(100)84-45(23-26-68)59(103)89-51(33(3)92)62(106)85-44(22-25-67)58(102)81-41(11-6-7-24-66)55(99)79-39(5-2)53(97)86-46(31-49(70)90-91-76)60(104)82-43(13-9-28-78-65(74)75)57(101)88-48(63(107)108)30-35-16-20-37(94)21-17-35/h1,14-21,33,38-49,51,92-94H,5-13,22-32,66-70H2,2-3H3,(H2,71,95)(H,79,99)(H,80,96)(H,81,102)(H,82,104)(H,83,105)(H,84,100)(H,85,106)(H,86,97)(H,87,98)(H,88,101)(H,89,103)(H,107,108)(H4,72,73,77)(H4,74,75,78)/t33-,38+,39+,40+,41+,42+,43+,44-,45+,46+,47+,48+,49?,51+/m1/s1. The lowest BCUT2D eigenvalue weighted by atomic mass is 10.0. The number of phenols is 2. The number of phenolic OH excluding ortho intramolecular Hbond substituents is 2. The molecule has 43 nitrogen and oxygen atoms in total. The molecule has 0 saturated heterocycles. The first-order valence-corrected chi connectivity index (χ1v) is 34.5. The van der Waals surface area contributed by atoms with Crippen LogP contribution in [-0.2, 0) is 75.2 Å². The van der Waals surface area contributed by atoms with E-state index in [1.54, 1.807) is 0 Å². The van der Waals surface area contributed by atoms with Gasteiger partial charge in [-0.1, -0.05) is 36.3 Å². The number of aromatic hydroxyl groups is 2. The third kappa shape index (κ3) is 34.9. The minimum Gasteiger partial charge on any atom is -0.508 e. The van der Waals surface area contributed by atoms with E-state index in [2.05, 4.69) is 85.1 Å².